The Morgan fingerprint density at radius 2 is 2.35 bits per heavy atom. The van der Waals surface area contributed by atoms with Gasteiger partial charge < -0.3 is 11.1 Å². The van der Waals surface area contributed by atoms with E-state index in [2.05, 4.69) is 17.2 Å². The highest BCUT2D eigenvalue weighted by molar-refractivity contribution is 5.95. The van der Waals surface area contributed by atoms with Crippen molar-refractivity contribution in [2.75, 3.05) is 5.73 Å². The van der Waals surface area contributed by atoms with Gasteiger partial charge in [-0.25, -0.2) is 9.37 Å². The van der Waals surface area contributed by atoms with Crippen molar-refractivity contribution in [1.82, 2.24) is 10.3 Å². The summed E-state index contributed by atoms with van der Waals surface area (Å²) in [6.45, 7) is 2.15. The van der Waals surface area contributed by atoms with Crippen molar-refractivity contribution in [2.24, 2.45) is 5.92 Å². The first-order valence-corrected chi connectivity index (χ1v) is 5.78. The van der Waals surface area contributed by atoms with Gasteiger partial charge in [-0.2, -0.15) is 0 Å². The van der Waals surface area contributed by atoms with Crippen molar-refractivity contribution in [3.8, 4) is 0 Å². The Labute approximate surface area is 99.4 Å². The lowest BCUT2D eigenvalue weighted by atomic mass is 10.1. The van der Waals surface area contributed by atoms with Gasteiger partial charge >= 0.3 is 0 Å². The van der Waals surface area contributed by atoms with Gasteiger partial charge in [0, 0.05) is 12.2 Å². The van der Waals surface area contributed by atoms with Crippen LogP contribution in [0.1, 0.15) is 36.5 Å². The Balaban J connectivity index is 2.07. The summed E-state index contributed by atoms with van der Waals surface area (Å²) in [5.74, 6) is -0.767. The van der Waals surface area contributed by atoms with Gasteiger partial charge in [0.25, 0.3) is 5.91 Å². The number of nitrogen functional groups attached to an aromatic ring is 1. The smallest absolute Gasteiger partial charge is 0.254 e. The Hall–Kier alpha value is -1.65. The molecule has 1 fully saturated rings. The quantitative estimate of drug-likeness (QED) is 0.823. The highest BCUT2D eigenvalue weighted by atomic mass is 19.1. The molecule has 0 aliphatic heterocycles. The number of halogens is 1. The monoisotopic (exact) mass is 237 g/mol. The minimum atomic E-state index is -0.740. The number of nitrogens with one attached hydrogen (secondary N) is 1. The summed E-state index contributed by atoms with van der Waals surface area (Å²) in [4.78, 5) is 15.4. The zero-order valence-electron chi connectivity index (χ0n) is 9.74. The van der Waals surface area contributed by atoms with Crippen LogP contribution in [-0.2, 0) is 0 Å². The van der Waals surface area contributed by atoms with Crippen LogP contribution >= 0.6 is 0 Å². The van der Waals surface area contributed by atoms with E-state index in [1.165, 1.54) is 12.3 Å². The maximum absolute atomic E-state index is 13.6. The van der Waals surface area contributed by atoms with E-state index in [0.29, 0.717) is 5.92 Å². The van der Waals surface area contributed by atoms with E-state index < -0.39 is 11.7 Å². The fourth-order valence-electron chi connectivity index (χ4n) is 2.24. The van der Waals surface area contributed by atoms with Crippen molar-refractivity contribution < 1.29 is 9.18 Å². The van der Waals surface area contributed by atoms with E-state index in [-0.39, 0.29) is 17.4 Å². The number of hydrogen-bond acceptors (Lipinski definition) is 3. The highest BCUT2D eigenvalue weighted by Crippen LogP contribution is 2.25. The van der Waals surface area contributed by atoms with Crippen LogP contribution in [0.25, 0.3) is 0 Å². The first-order chi connectivity index (χ1) is 8.08. The van der Waals surface area contributed by atoms with E-state index in [1.807, 2.05) is 0 Å². The molecule has 5 heteroatoms. The Morgan fingerprint density at radius 3 is 3.00 bits per heavy atom. The van der Waals surface area contributed by atoms with Gasteiger partial charge in [-0.3, -0.25) is 4.79 Å². The van der Waals surface area contributed by atoms with Gasteiger partial charge in [0.15, 0.2) is 11.6 Å². The molecule has 2 unspecified atom stereocenters. The number of hydrogen-bond donors (Lipinski definition) is 2. The summed E-state index contributed by atoms with van der Waals surface area (Å²) in [5, 5.41) is 2.83. The summed E-state index contributed by atoms with van der Waals surface area (Å²) < 4.78 is 13.6. The van der Waals surface area contributed by atoms with Gasteiger partial charge in [-0.05, 0) is 31.2 Å². The number of carbonyl (C=O) groups excluding carboxylic acids is 1. The molecule has 0 radical (unpaired) electrons. The van der Waals surface area contributed by atoms with Gasteiger partial charge in [0.05, 0.1) is 5.56 Å². The molecule has 1 amide bonds. The molecule has 0 bridgehead atoms. The molecular weight excluding hydrogens is 221 g/mol. The Kier molecular flexibility index (Phi) is 3.26. The summed E-state index contributed by atoms with van der Waals surface area (Å²) in [7, 11) is 0. The lowest BCUT2D eigenvalue weighted by Crippen LogP contribution is -2.33. The average molecular weight is 237 g/mol. The van der Waals surface area contributed by atoms with Crippen LogP contribution in [0.5, 0.6) is 0 Å². The predicted octanol–water partition coefficient (Wildman–Crippen LogP) is 1.72. The summed E-state index contributed by atoms with van der Waals surface area (Å²) in [5.41, 5.74) is 5.29. The maximum Gasteiger partial charge on any atom is 0.254 e. The molecule has 4 nitrogen and oxygen atoms in total. The third-order valence-corrected chi connectivity index (χ3v) is 3.19. The number of pyridine rings is 1. The van der Waals surface area contributed by atoms with Gasteiger partial charge in [-0.15, -0.1) is 0 Å². The molecule has 17 heavy (non-hydrogen) atoms. The van der Waals surface area contributed by atoms with Crippen LogP contribution < -0.4 is 11.1 Å². The summed E-state index contributed by atoms with van der Waals surface area (Å²) >= 11 is 0. The van der Waals surface area contributed by atoms with E-state index in [0.717, 1.165) is 19.3 Å². The molecular formula is C12H16FN3O. The molecule has 1 heterocycles. The average Bonchev–Trinajstić information content (AvgIpc) is 2.68. The number of anilines is 1. The number of nitrogens with two attached hydrogens (primary N) is 1. The number of amides is 1. The third-order valence-electron chi connectivity index (χ3n) is 3.19. The fourth-order valence-corrected chi connectivity index (χ4v) is 2.24. The van der Waals surface area contributed by atoms with Gasteiger partial charge in [0.1, 0.15) is 0 Å². The maximum atomic E-state index is 13.6. The third kappa shape index (κ3) is 2.54. The molecule has 1 saturated carbocycles. The molecule has 2 rings (SSSR count). The first kappa shape index (κ1) is 11.8. The van der Waals surface area contributed by atoms with Crippen LogP contribution in [0.4, 0.5) is 10.2 Å². The standard InChI is InChI=1S/C12H16FN3O/c1-7-2-3-8(6-7)16-12(17)9-4-5-15-11(14)10(9)13/h4-5,7-8H,2-3,6H2,1H3,(H2,14,15)(H,16,17). The second kappa shape index (κ2) is 4.69. The molecule has 1 aliphatic rings. The van der Waals surface area contributed by atoms with E-state index in [9.17, 15) is 9.18 Å². The van der Waals surface area contributed by atoms with Crippen molar-refractivity contribution >= 4 is 11.7 Å². The second-order valence-electron chi connectivity index (χ2n) is 4.65. The van der Waals surface area contributed by atoms with Crippen molar-refractivity contribution in [1.29, 1.82) is 0 Å². The Morgan fingerprint density at radius 1 is 1.59 bits per heavy atom. The van der Waals surface area contributed by atoms with Crippen LogP contribution in [0.2, 0.25) is 0 Å². The summed E-state index contributed by atoms with van der Waals surface area (Å²) in [6.07, 6.45) is 4.35. The van der Waals surface area contributed by atoms with Gasteiger partial charge in [0.2, 0.25) is 0 Å². The normalized spacial score (nSPS) is 23.6. The highest BCUT2D eigenvalue weighted by Gasteiger charge is 2.24. The molecule has 1 aromatic rings. The second-order valence-corrected chi connectivity index (χ2v) is 4.65. The molecule has 3 N–H and O–H groups in total. The predicted molar refractivity (Wildman–Crippen MR) is 62.9 cm³/mol. The largest absolute Gasteiger partial charge is 0.381 e. The number of nitrogens with zero attached hydrogens (tertiary/aromatic N) is 1. The minimum absolute atomic E-state index is 0.0305. The van der Waals surface area contributed by atoms with Crippen LogP contribution in [-0.4, -0.2) is 16.9 Å². The SMILES string of the molecule is CC1CCC(NC(=O)c2ccnc(N)c2F)C1. The zero-order chi connectivity index (χ0) is 12.4. The molecule has 0 aromatic carbocycles. The van der Waals surface area contributed by atoms with Crippen molar-refractivity contribution in [3.05, 3.63) is 23.6 Å². The van der Waals surface area contributed by atoms with E-state index in [1.54, 1.807) is 0 Å². The first-order valence-electron chi connectivity index (χ1n) is 5.78. The lowest BCUT2D eigenvalue weighted by Gasteiger charge is -2.13. The lowest BCUT2D eigenvalue weighted by molar-refractivity contribution is 0.0933. The molecule has 1 aliphatic carbocycles. The molecule has 0 spiro atoms. The van der Waals surface area contributed by atoms with Crippen LogP contribution in [0.3, 0.4) is 0 Å². The van der Waals surface area contributed by atoms with Crippen LogP contribution in [0, 0.1) is 11.7 Å². The van der Waals surface area contributed by atoms with Crippen molar-refractivity contribution in [3.63, 3.8) is 0 Å². The molecule has 92 valence electrons. The number of rotatable bonds is 2. The molecule has 0 saturated heterocycles. The zero-order valence-corrected chi connectivity index (χ0v) is 9.74. The number of carbonyl (C=O) groups is 1. The van der Waals surface area contributed by atoms with Crippen LogP contribution in [0.15, 0.2) is 12.3 Å². The fraction of sp³-hybridized carbons (Fsp3) is 0.500. The summed E-state index contributed by atoms with van der Waals surface area (Å²) in [6, 6.07) is 1.49. The Bertz CT molecular complexity index is 436. The molecule has 2 atom stereocenters. The van der Waals surface area contributed by atoms with Crippen molar-refractivity contribution in [2.45, 2.75) is 32.2 Å². The topological polar surface area (TPSA) is 68.0 Å². The van der Waals surface area contributed by atoms with E-state index in [4.69, 9.17) is 5.73 Å². The van der Waals surface area contributed by atoms with E-state index >= 15 is 0 Å². The molecule has 1 aromatic heterocycles. The minimum Gasteiger partial charge on any atom is -0.381 e. The van der Waals surface area contributed by atoms with Gasteiger partial charge in [-0.1, -0.05) is 6.92 Å². The number of aromatic nitrogens is 1.